The number of aromatic nitrogens is 1. The van der Waals surface area contributed by atoms with Gasteiger partial charge in [-0.1, -0.05) is 37.3 Å². The van der Waals surface area contributed by atoms with Crippen molar-refractivity contribution in [1.29, 1.82) is 0 Å². The highest BCUT2D eigenvalue weighted by molar-refractivity contribution is 7.14. The molecule has 0 saturated carbocycles. The maximum Gasteiger partial charge on any atom is 0.267 e. The quantitative estimate of drug-likeness (QED) is 0.624. The second kappa shape index (κ2) is 9.28. The van der Waals surface area contributed by atoms with Gasteiger partial charge in [0.2, 0.25) is 0 Å². The number of nitrogens with zero attached hydrogens (tertiary/aromatic N) is 1. The fraction of sp³-hybridized carbons (Fsp3) is 0.227. The maximum atomic E-state index is 12.6. The van der Waals surface area contributed by atoms with Crippen LogP contribution in [0.5, 0.6) is 0 Å². The lowest BCUT2D eigenvalue weighted by Crippen LogP contribution is -2.23. The summed E-state index contributed by atoms with van der Waals surface area (Å²) in [6.07, 6.45) is 1.60. The van der Waals surface area contributed by atoms with E-state index in [4.69, 9.17) is 0 Å². The van der Waals surface area contributed by atoms with Crippen molar-refractivity contribution in [2.75, 3.05) is 11.9 Å². The van der Waals surface area contributed by atoms with Gasteiger partial charge >= 0.3 is 0 Å². The fourth-order valence-electron chi connectivity index (χ4n) is 2.74. The molecule has 3 aromatic rings. The Morgan fingerprint density at radius 1 is 1.00 bits per heavy atom. The fourth-order valence-corrected chi connectivity index (χ4v) is 3.74. The average molecular weight is 394 g/mol. The van der Waals surface area contributed by atoms with Crippen LogP contribution >= 0.6 is 11.3 Å². The van der Waals surface area contributed by atoms with Crippen LogP contribution in [-0.4, -0.2) is 23.3 Å². The van der Waals surface area contributed by atoms with Crippen LogP contribution < -0.4 is 10.6 Å². The highest BCUT2D eigenvalue weighted by Crippen LogP contribution is 2.22. The Kier molecular flexibility index (Phi) is 6.55. The number of amides is 2. The van der Waals surface area contributed by atoms with Crippen LogP contribution in [0.15, 0.2) is 54.6 Å². The third-order valence-electron chi connectivity index (χ3n) is 4.19. The van der Waals surface area contributed by atoms with Gasteiger partial charge in [0, 0.05) is 24.2 Å². The van der Waals surface area contributed by atoms with E-state index >= 15 is 0 Å². The smallest absolute Gasteiger partial charge is 0.267 e. The summed E-state index contributed by atoms with van der Waals surface area (Å²) in [4.78, 5) is 29.7. The molecule has 0 aliphatic heterocycles. The number of hydrogen-bond donors (Lipinski definition) is 2. The van der Waals surface area contributed by atoms with Gasteiger partial charge in [0.25, 0.3) is 11.8 Å². The summed E-state index contributed by atoms with van der Waals surface area (Å²) < 4.78 is 0. The Balaban J connectivity index is 1.65. The largest absolute Gasteiger partial charge is 0.352 e. The number of benzene rings is 2. The first-order chi connectivity index (χ1) is 13.6. The van der Waals surface area contributed by atoms with E-state index in [9.17, 15) is 9.59 Å². The molecule has 0 aliphatic carbocycles. The van der Waals surface area contributed by atoms with Gasteiger partial charge < -0.3 is 10.6 Å². The van der Waals surface area contributed by atoms with E-state index in [0.717, 1.165) is 17.1 Å². The van der Waals surface area contributed by atoms with Gasteiger partial charge in [0.1, 0.15) is 4.88 Å². The Bertz CT molecular complexity index is 950. The molecule has 0 spiro atoms. The number of anilines is 1. The number of hydrogen-bond acceptors (Lipinski definition) is 4. The molecule has 0 atom stereocenters. The zero-order chi connectivity index (χ0) is 19.9. The van der Waals surface area contributed by atoms with Crippen molar-refractivity contribution in [3.8, 4) is 0 Å². The van der Waals surface area contributed by atoms with Crippen molar-refractivity contribution in [2.45, 2.75) is 26.7 Å². The molecule has 0 unspecified atom stereocenters. The Labute approximate surface area is 168 Å². The predicted molar refractivity (Wildman–Crippen MR) is 113 cm³/mol. The lowest BCUT2D eigenvalue weighted by Gasteiger charge is -2.06. The Morgan fingerprint density at radius 3 is 2.39 bits per heavy atom. The number of nitrogens with one attached hydrogen (secondary N) is 2. The van der Waals surface area contributed by atoms with Crippen LogP contribution in [0.3, 0.4) is 0 Å². The van der Waals surface area contributed by atoms with E-state index in [-0.39, 0.29) is 11.8 Å². The first-order valence-corrected chi connectivity index (χ1v) is 10.1. The average Bonchev–Trinajstić information content (AvgIpc) is 3.07. The molecule has 6 heteroatoms. The minimum absolute atomic E-state index is 0.108. The van der Waals surface area contributed by atoms with Crippen molar-refractivity contribution >= 4 is 28.8 Å². The third-order valence-corrected chi connectivity index (χ3v) is 5.34. The van der Waals surface area contributed by atoms with Gasteiger partial charge in [-0.05, 0) is 43.2 Å². The zero-order valence-corrected chi connectivity index (χ0v) is 16.8. The van der Waals surface area contributed by atoms with Gasteiger partial charge in [-0.25, -0.2) is 4.98 Å². The van der Waals surface area contributed by atoms with Gasteiger partial charge in [-0.3, -0.25) is 9.59 Å². The van der Waals surface area contributed by atoms with Crippen molar-refractivity contribution in [3.63, 3.8) is 0 Å². The molecule has 1 heterocycles. The summed E-state index contributed by atoms with van der Waals surface area (Å²) in [5, 5.41) is 6.63. The summed E-state index contributed by atoms with van der Waals surface area (Å²) in [5.41, 5.74) is 3.11. The van der Waals surface area contributed by atoms with Crippen LogP contribution in [0.2, 0.25) is 0 Å². The first kappa shape index (κ1) is 19.8. The van der Waals surface area contributed by atoms with E-state index in [1.165, 1.54) is 16.9 Å². The highest BCUT2D eigenvalue weighted by atomic mass is 32.1. The molecule has 28 heavy (non-hydrogen) atoms. The molecular formula is C22H23N3O2S. The van der Waals surface area contributed by atoms with Crippen molar-refractivity contribution in [3.05, 3.63) is 81.3 Å². The second-order valence-electron chi connectivity index (χ2n) is 6.47. The molecule has 2 N–H and O–H groups in total. The van der Waals surface area contributed by atoms with Crippen LogP contribution in [0.25, 0.3) is 0 Å². The maximum absolute atomic E-state index is 12.6. The highest BCUT2D eigenvalue weighted by Gasteiger charge is 2.16. The predicted octanol–water partition coefficient (Wildman–Crippen LogP) is 4.43. The van der Waals surface area contributed by atoms with E-state index < -0.39 is 0 Å². The monoisotopic (exact) mass is 393 g/mol. The van der Waals surface area contributed by atoms with Crippen molar-refractivity contribution in [1.82, 2.24) is 10.3 Å². The van der Waals surface area contributed by atoms with E-state index in [1.54, 1.807) is 24.3 Å². The van der Waals surface area contributed by atoms with E-state index in [0.29, 0.717) is 29.1 Å². The number of thiazole rings is 1. The van der Waals surface area contributed by atoms with Crippen molar-refractivity contribution in [2.24, 2.45) is 0 Å². The van der Waals surface area contributed by atoms with E-state index in [2.05, 4.69) is 27.8 Å². The van der Waals surface area contributed by atoms with Gasteiger partial charge in [0.15, 0.2) is 0 Å². The molecule has 0 radical (unpaired) electrons. The summed E-state index contributed by atoms with van der Waals surface area (Å²) in [5.74, 6) is -0.291. The zero-order valence-electron chi connectivity index (χ0n) is 16.0. The number of carbonyl (C=O) groups is 2. The number of rotatable bonds is 7. The molecular weight excluding hydrogens is 370 g/mol. The summed E-state index contributed by atoms with van der Waals surface area (Å²) in [6.45, 7) is 4.50. The molecule has 2 amide bonds. The molecule has 0 aliphatic rings. The summed E-state index contributed by atoms with van der Waals surface area (Å²) in [7, 11) is 0. The van der Waals surface area contributed by atoms with Crippen LogP contribution in [0.1, 0.15) is 49.6 Å². The SMILES string of the molecule is CCCNC(=O)c1ccc(NC(=O)c2sc(Cc3ccccc3)nc2C)cc1. The lowest BCUT2D eigenvalue weighted by molar-refractivity contribution is 0.0953. The third kappa shape index (κ3) is 5.04. The molecule has 144 valence electrons. The van der Waals surface area contributed by atoms with E-state index in [1.807, 2.05) is 32.0 Å². The first-order valence-electron chi connectivity index (χ1n) is 9.26. The Hall–Kier alpha value is -2.99. The minimum Gasteiger partial charge on any atom is -0.352 e. The second-order valence-corrected chi connectivity index (χ2v) is 7.56. The topological polar surface area (TPSA) is 71.1 Å². The van der Waals surface area contributed by atoms with Gasteiger partial charge in [0.05, 0.1) is 10.7 Å². The normalized spacial score (nSPS) is 10.5. The molecule has 0 bridgehead atoms. The Morgan fingerprint density at radius 2 is 1.71 bits per heavy atom. The lowest BCUT2D eigenvalue weighted by atomic mass is 10.2. The molecule has 0 saturated heterocycles. The standard InChI is InChI=1S/C22H23N3O2S/c1-3-13-23-21(26)17-9-11-18(12-10-17)25-22(27)20-15(2)24-19(28-20)14-16-7-5-4-6-8-16/h4-12H,3,13-14H2,1-2H3,(H,23,26)(H,25,27). The summed E-state index contributed by atoms with van der Waals surface area (Å²) in [6, 6.07) is 17.0. The molecule has 3 rings (SSSR count). The molecule has 1 aromatic heterocycles. The van der Waals surface area contributed by atoms with Crippen LogP contribution in [0.4, 0.5) is 5.69 Å². The number of carbonyl (C=O) groups excluding carboxylic acids is 2. The molecule has 0 fully saturated rings. The van der Waals surface area contributed by atoms with Gasteiger partial charge in [-0.15, -0.1) is 11.3 Å². The minimum atomic E-state index is -0.183. The summed E-state index contributed by atoms with van der Waals surface area (Å²) >= 11 is 1.41. The van der Waals surface area contributed by atoms with Crippen LogP contribution in [0, 0.1) is 6.92 Å². The van der Waals surface area contributed by atoms with Gasteiger partial charge in [-0.2, -0.15) is 0 Å². The van der Waals surface area contributed by atoms with Crippen LogP contribution in [-0.2, 0) is 6.42 Å². The molecule has 5 nitrogen and oxygen atoms in total. The van der Waals surface area contributed by atoms with Crippen molar-refractivity contribution < 1.29 is 9.59 Å². The number of aryl methyl sites for hydroxylation is 1. The molecule has 2 aromatic carbocycles.